The molecular weight excluding hydrogens is 532 g/mol. The van der Waals surface area contributed by atoms with Gasteiger partial charge in [-0.2, -0.15) is 0 Å². The minimum Gasteiger partial charge on any atom is -0.356 e. The number of hydrogen-bond acceptors (Lipinski definition) is 5. The summed E-state index contributed by atoms with van der Waals surface area (Å²) >= 11 is 0. The molecule has 1 amide bonds. The number of amides is 1. The number of aromatic nitrogens is 2. The van der Waals surface area contributed by atoms with Crippen LogP contribution in [0.4, 0.5) is 23.0 Å². The maximum atomic E-state index is 13.7. The van der Waals surface area contributed by atoms with Crippen molar-refractivity contribution in [1.82, 2.24) is 19.4 Å². The molecule has 1 fully saturated rings. The smallest absolute Gasteiger partial charge is 0.253 e. The number of rotatable bonds is 15. The number of likely N-dealkylation sites (tertiary alicyclic amines) is 1. The number of nitrogens with zero attached hydrogens (tertiary/aromatic N) is 4. The van der Waals surface area contributed by atoms with Gasteiger partial charge in [0.1, 0.15) is 0 Å². The van der Waals surface area contributed by atoms with Gasteiger partial charge in [-0.25, -0.2) is 4.98 Å². The molecule has 1 aliphatic rings. The summed E-state index contributed by atoms with van der Waals surface area (Å²) < 4.78 is 2.27. The molecule has 3 aromatic carbocycles. The van der Waals surface area contributed by atoms with Gasteiger partial charge in [0.05, 0.1) is 11.0 Å². The van der Waals surface area contributed by atoms with Crippen LogP contribution in [0.25, 0.3) is 11.0 Å². The maximum Gasteiger partial charge on any atom is 0.253 e. The molecule has 1 aromatic heterocycles. The summed E-state index contributed by atoms with van der Waals surface area (Å²) in [7, 11) is 0. The maximum absolute atomic E-state index is 13.7. The Morgan fingerprint density at radius 1 is 0.767 bits per heavy atom. The molecule has 0 unspecified atom stereocenters. The minimum absolute atomic E-state index is 0.126. The van der Waals surface area contributed by atoms with Crippen molar-refractivity contribution in [2.45, 2.75) is 71.8 Å². The van der Waals surface area contributed by atoms with Gasteiger partial charge < -0.3 is 25.0 Å². The van der Waals surface area contributed by atoms with Crippen LogP contribution in [-0.4, -0.2) is 58.0 Å². The summed E-state index contributed by atoms with van der Waals surface area (Å²) in [4.78, 5) is 23.3. The number of carbonyl (C=O) groups excluding carboxylic acids is 1. The first kappa shape index (κ1) is 30.6. The predicted molar refractivity (Wildman–Crippen MR) is 180 cm³/mol. The van der Waals surface area contributed by atoms with Gasteiger partial charge in [-0.05, 0) is 106 Å². The number of piperidine rings is 1. The molecule has 2 N–H and O–H groups in total. The first-order valence-electron chi connectivity index (χ1n) is 16.4. The highest BCUT2D eigenvalue weighted by molar-refractivity contribution is 5.98. The summed E-state index contributed by atoms with van der Waals surface area (Å²) in [5.41, 5.74) is 5.75. The Bertz CT molecular complexity index is 1420. The molecule has 7 nitrogen and oxygen atoms in total. The first-order chi connectivity index (χ1) is 21.1. The fraction of sp³-hybridized carbons (Fsp3) is 0.444. The zero-order valence-corrected chi connectivity index (χ0v) is 26.0. The number of fused-ring (bicyclic) bond motifs is 1. The minimum atomic E-state index is 0.126. The lowest BCUT2D eigenvalue weighted by Gasteiger charge is -2.26. The van der Waals surface area contributed by atoms with E-state index in [4.69, 9.17) is 4.98 Å². The summed E-state index contributed by atoms with van der Waals surface area (Å²) in [5.74, 6) is 0.941. The Labute approximate surface area is 257 Å². The molecule has 5 rings (SSSR count). The van der Waals surface area contributed by atoms with Crippen LogP contribution in [0, 0.1) is 0 Å². The van der Waals surface area contributed by atoms with Gasteiger partial charge in [0, 0.05) is 42.3 Å². The van der Waals surface area contributed by atoms with Crippen molar-refractivity contribution in [1.29, 1.82) is 0 Å². The predicted octanol–water partition coefficient (Wildman–Crippen LogP) is 8.44. The van der Waals surface area contributed by atoms with Crippen molar-refractivity contribution < 1.29 is 4.79 Å². The number of hydrogen-bond donors (Lipinski definition) is 2. The second kappa shape index (κ2) is 15.6. The Morgan fingerprint density at radius 2 is 1.42 bits per heavy atom. The SMILES string of the molecule is CCCCN(CCCC)C(=O)c1ccc2nc(Nc3ccc(Nc4ccccc4)cc3)n(CCCN3CCCCC3)c2c1. The Morgan fingerprint density at radius 3 is 2.09 bits per heavy atom. The van der Waals surface area contributed by atoms with Crippen LogP contribution in [-0.2, 0) is 6.54 Å². The van der Waals surface area contributed by atoms with Crippen molar-refractivity contribution in [2.24, 2.45) is 0 Å². The molecule has 0 radical (unpaired) electrons. The summed E-state index contributed by atoms with van der Waals surface area (Å²) in [6.07, 6.45) is 9.20. The van der Waals surface area contributed by atoms with E-state index in [1.165, 1.54) is 32.4 Å². The number of anilines is 4. The van der Waals surface area contributed by atoms with Crippen LogP contribution >= 0.6 is 0 Å². The molecule has 228 valence electrons. The van der Waals surface area contributed by atoms with Crippen molar-refractivity contribution >= 4 is 40.0 Å². The molecule has 2 heterocycles. The number of carbonyl (C=O) groups is 1. The third kappa shape index (κ3) is 8.38. The number of unbranched alkanes of at least 4 members (excludes halogenated alkanes) is 2. The number of para-hydroxylation sites is 1. The highest BCUT2D eigenvalue weighted by atomic mass is 16.2. The number of benzene rings is 3. The monoisotopic (exact) mass is 580 g/mol. The van der Waals surface area contributed by atoms with Crippen molar-refractivity contribution in [2.75, 3.05) is 43.4 Å². The zero-order valence-electron chi connectivity index (χ0n) is 26.0. The lowest BCUT2D eigenvalue weighted by atomic mass is 10.1. The highest BCUT2D eigenvalue weighted by Gasteiger charge is 2.19. The molecule has 0 bridgehead atoms. The van der Waals surface area contributed by atoms with E-state index in [9.17, 15) is 4.79 Å². The molecule has 1 saturated heterocycles. The Kier molecular flexibility index (Phi) is 11.1. The zero-order chi connectivity index (χ0) is 29.9. The summed E-state index contributed by atoms with van der Waals surface area (Å²) in [5, 5.41) is 7.03. The lowest BCUT2D eigenvalue weighted by Crippen LogP contribution is -2.33. The van der Waals surface area contributed by atoms with E-state index in [2.05, 4.69) is 76.4 Å². The topological polar surface area (TPSA) is 65.4 Å². The van der Waals surface area contributed by atoms with E-state index in [1.807, 2.05) is 35.2 Å². The molecule has 0 saturated carbocycles. The molecule has 7 heteroatoms. The van der Waals surface area contributed by atoms with E-state index < -0.39 is 0 Å². The lowest BCUT2D eigenvalue weighted by molar-refractivity contribution is 0.0751. The van der Waals surface area contributed by atoms with E-state index >= 15 is 0 Å². The van der Waals surface area contributed by atoms with Crippen LogP contribution in [0.5, 0.6) is 0 Å². The van der Waals surface area contributed by atoms with Gasteiger partial charge in [-0.15, -0.1) is 0 Å². The molecule has 1 aliphatic heterocycles. The fourth-order valence-electron chi connectivity index (χ4n) is 5.86. The van der Waals surface area contributed by atoms with E-state index in [1.54, 1.807) is 0 Å². The Hall–Kier alpha value is -3.84. The average molecular weight is 581 g/mol. The van der Waals surface area contributed by atoms with E-state index in [-0.39, 0.29) is 5.91 Å². The van der Waals surface area contributed by atoms with Crippen molar-refractivity contribution in [3.05, 3.63) is 78.4 Å². The van der Waals surface area contributed by atoms with Gasteiger partial charge >= 0.3 is 0 Å². The van der Waals surface area contributed by atoms with Crippen LogP contribution in [0.1, 0.15) is 75.6 Å². The molecule has 0 spiro atoms. The fourth-order valence-corrected chi connectivity index (χ4v) is 5.86. The number of nitrogens with one attached hydrogen (secondary N) is 2. The second-order valence-electron chi connectivity index (χ2n) is 11.7. The normalized spacial score (nSPS) is 13.7. The Balaban J connectivity index is 1.38. The van der Waals surface area contributed by atoms with E-state index in [0.717, 1.165) is 97.9 Å². The third-order valence-electron chi connectivity index (χ3n) is 8.35. The standard InChI is InChI=1S/C36H48N6O/c1-3-5-25-41(26-6-4-2)35(43)29-16-21-33-34(28-29)42(27-13-24-40-22-11-8-12-23-40)36(39-33)38-32-19-17-31(18-20-32)37-30-14-9-7-10-15-30/h7,9-10,14-21,28,37H,3-6,8,11-13,22-27H2,1-2H3,(H,38,39). The van der Waals surface area contributed by atoms with Crippen LogP contribution < -0.4 is 10.6 Å². The van der Waals surface area contributed by atoms with E-state index in [0.29, 0.717) is 0 Å². The quantitative estimate of drug-likeness (QED) is 0.148. The molecule has 43 heavy (non-hydrogen) atoms. The van der Waals surface area contributed by atoms with Crippen LogP contribution in [0.15, 0.2) is 72.8 Å². The molecule has 4 aromatic rings. The molecular formula is C36H48N6O. The van der Waals surface area contributed by atoms with Gasteiger partial charge in [-0.1, -0.05) is 51.3 Å². The average Bonchev–Trinajstić information content (AvgIpc) is 3.38. The van der Waals surface area contributed by atoms with Crippen LogP contribution in [0.3, 0.4) is 0 Å². The van der Waals surface area contributed by atoms with Crippen molar-refractivity contribution in [3.8, 4) is 0 Å². The molecule has 0 atom stereocenters. The third-order valence-corrected chi connectivity index (χ3v) is 8.35. The number of imidazole rings is 1. The molecule has 0 aliphatic carbocycles. The van der Waals surface area contributed by atoms with Gasteiger partial charge in [0.25, 0.3) is 5.91 Å². The van der Waals surface area contributed by atoms with Gasteiger partial charge in [-0.3, -0.25) is 4.79 Å². The summed E-state index contributed by atoms with van der Waals surface area (Å²) in [6, 6.07) is 24.5. The van der Waals surface area contributed by atoms with Gasteiger partial charge in [0.15, 0.2) is 0 Å². The second-order valence-corrected chi connectivity index (χ2v) is 11.7. The van der Waals surface area contributed by atoms with Crippen LogP contribution in [0.2, 0.25) is 0 Å². The number of aryl methyl sites for hydroxylation is 1. The largest absolute Gasteiger partial charge is 0.356 e. The van der Waals surface area contributed by atoms with Gasteiger partial charge in [0.2, 0.25) is 5.95 Å². The van der Waals surface area contributed by atoms with Crippen molar-refractivity contribution in [3.63, 3.8) is 0 Å². The highest BCUT2D eigenvalue weighted by Crippen LogP contribution is 2.27. The summed E-state index contributed by atoms with van der Waals surface area (Å²) in [6.45, 7) is 10.3. The first-order valence-corrected chi connectivity index (χ1v) is 16.4.